The number of rotatable bonds is 5. The summed E-state index contributed by atoms with van der Waals surface area (Å²) in [5.41, 5.74) is 0. The zero-order valence-corrected chi connectivity index (χ0v) is 14.6. The second-order valence-corrected chi connectivity index (χ2v) is 7.99. The van der Waals surface area contributed by atoms with E-state index in [0.717, 1.165) is 5.30 Å². The molecule has 3 rings (SSSR count). The molecule has 0 amide bonds. The lowest BCUT2D eigenvalue weighted by Crippen LogP contribution is -2.27. The van der Waals surface area contributed by atoms with Crippen LogP contribution in [0.15, 0.2) is 78.9 Å². The number of benzene rings is 3. The van der Waals surface area contributed by atoms with Crippen LogP contribution < -0.4 is 25.4 Å². The van der Waals surface area contributed by atoms with E-state index in [-0.39, 0.29) is 0 Å². The van der Waals surface area contributed by atoms with Crippen LogP contribution in [0.1, 0.15) is 0 Å². The van der Waals surface area contributed by atoms with Crippen molar-refractivity contribution < 1.29 is 14.0 Å². The SMILES string of the molecule is COc1ccccc1P(=O)(c1ccccc1)c1ccccc1OC. The summed E-state index contributed by atoms with van der Waals surface area (Å²) < 4.78 is 25.4. The first kappa shape index (κ1) is 16.4. The van der Waals surface area contributed by atoms with E-state index in [1.54, 1.807) is 14.2 Å². The fourth-order valence-corrected chi connectivity index (χ4v) is 5.78. The molecule has 3 nitrogen and oxygen atoms in total. The van der Waals surface area contributed by atoms with Crippen LogP contribution >= 0.6 is 7.14 Å². The molecule has 3 aromatic rings. The third-order valence-corrected chi connectivity index (χ3v) is 7.09. The van der Waals surface area contributed by atoms with Gasteiger partial charge in [0.15, 0.2) is 7.14 Å². The van der Waals surface area contributed by atoms with Gasteiger partial charge in [-0.25, -0.2) is 0 Å². The summed E-state index contributed by atoms with van der Waals surface area (Å²) in [6.45, 7) is 0. The lowest BCUT2D eigenvalue weighted by molar-refractivity contribution is 0.416. The molecule has 0 aliphatic heterocycles. The summed E-state index contributed by atoms with van der Waals surface area (Å²) in [4.78, 5) is 0. The van der Waals surface area contributed by atoms with Gasteiger partial charge in [-0.15, -0.1) is 0 Å². The molecule has 24 heavy (non-hydrogen) atoms. The lowest BCUT2D eigenvalue weighted by atomic mass is 10.3. The monoisotopic (exact) mass is 338 g/mol. The largest absolute Gasteiger partial charge is 0.496 e. The zero-order chi connectivity index (χ0) is 17.0. The summed E-state index contributed by atoms with van der Waals surface area (Å²) >= 11 is 0. The van der Waals surface area contributed by atoms with Crippen molar-refractivity contribution in [2.45, 2.75) is 0 Å². The van der Waals surface area contributed by atoms with Crippen molar-refractivity contribution in [3.8, 4) is 11.5 Å². The van der Waals surface area contributed by atoms with Gasteiger partial charge in [-0.3, -0.25) is 0 Å². The maximum absolute atomic E-state index is 14.4. The van der Waals surface area contributed by atoms with Crippen molar-refractivity contribution in [1.82, 2.24) is 0 Å². The highest BCUT2D eigenvalue weighted by molar-refractivity contribution is 7.85. The quantitative estimate of drug-likeness (QED) is 0.670. The van der Waals surface area contributed by atoms with Crippen LogP contribution in [0.2, 0.25) is 0 Å². The van der Waals surface area contributed by atoms with Crippen LogP contribution in [0.4, 0.5) is 0 Å². The van der Waals surface area contributed by atoms with Gasteiger partial charge in [0.25, 0.3) is 0 Å². The van der Waals surface area contributed by atoms with Crippen molar-refractivity contribution in [3.05, 3.63) is 78.9 Å². The first-order valence-corrected chi connectivity index (χ1v) is 9.35. The molecule has 0 saturated heterocycles. The van der Waals surface area contributed by atoms with Crippen molar-refractivity contribution in [2.24, 2.45) is 0 Å². The van der Waals surface area contributed by atoms with Crippen LogP contribution in [-0.4, -0.2) is 14.2 Å². The van der Waals surface area contributed by atoms with Gasteiger partial charge in [-0.05, 0) is 24.3 Å². The normalized spacial score (nSPS) is 11.1. The number of ether oxygens (including phenoxy) is 2. The van der Waals surface area contributed by atoms with E-state index < -0.39 is 7.14 Å². The molecule has 0 unspecified atom stereocenters. The lowest BCUT2D eigenvalue weighted by Gasteiger charge is -2.23. The van der Waals surface area contributed by atoms with Crippen LogP contribution in [-0.2, 0) is 4.57 Å². The molecule has 0 atom stereocenters. The predicted molar refractivity (Wildman–Crippen MR) is 98.9 cm³/mol. The minimum Gasteiger partial charge on any atom is -0.496 e. The van der Waals surface area contributed by atoms with E-state index in [4.69, 9.17) is 9.47 Å². The van der Waals surface area contributed by atoms with E-state index in [1.165, 1.54) is 0 Å². The molecule has 0 spiro atoms. The molecule has 0 N–H and O–H groups in total. The topological polar surface area (TPSA) is 35.5 Å². The van der Waals surface area contributed by atoms with E-state index in [0.29, 0.717) is 22.1 Å². The average Bonchev–Trinajstić information content (AvgIpc) is 2.68. The fraction of sp³-hybridized carbons (Fsp3) is 0.100. The van der Waals surface area contributed by atoms with E-state index in [1.807, 2.05) is 78.9 Å². The Hall–Kier alpha value is -2.51. The first-order chi connectivity index (χ1) is 11.7. The number of methoxy groups -OCH3 is 2. The highest BCUT2D eigenvalue weighted by atomic mass is 31.2. The van der Waals surface area contributed by atoms with Gasteiger partial charge < -0.3 is 14.0 Å². The van der Waals surface area contributed by atoms with Gasteiger partial charge in [0.05, 0.1) is 24.8 Å². The molecule has 122 valence electrons. The molecule has 0 aromatic heterocycles. The minimum absolute atomic E-state index is 0.607. The van der Waals surface area contributed by atoms with Crippen LogP contribution in [0, 0.1) is 0 Å². The molecular weight excluding hydrogens is 319 g/mol. The Morgan fingerprint density at radius 1 is 0.625 bits per heavy atom. The Labute approximate surface area is 142 Å². The Kier molecular flexibility index (Phi) is 4.73. The molecule has 0 bridgehead atoms. The molecule has 0 saturated carbocycles. The van der Waals surface area contributed by atoms with Crippen molar-refractivity contribution >= 4 is 23.1 Å². The van der Waals surface area contributed by atoms with Crippen LogP contribution in [0.3, 0.4) is 0 Å². The van der Waals surface area contributed by atoms with E-state index >= 15 is 0 Å². The minimum atomic E-state index is -3.13. The van der Waals surface area contributed by atoms with Gasteiger partial charge in [-0.2, -0.15) is 0 Å². The highest BCUT2D eigenvalue weighted by Gasteiger charge is 2.34. The number of para-hydroxylation sites is 2. The molecule has 3 aromatic carbocycles. The molecule has 0 radical (unpaired) electrons. The Balaban J connectivity index is 2.37. The highest BCUT2D eigenvalue weighted by Crippen LogP contribution is 2.47. The maximum atomic E-state index is 14.4. The summed E-state index contributed by atoms with van der Waals surface area (Å²) in [6, 6.07) is 24.4. The van der Waals surface area contributed by atoms with Gasteiger partial charge in [0.2, 0.25) is 0 Å². The van der Waals surface area contributed by atoms with Crippen LogP contribution in [0.25, 0.3) is 0 Å². The summed E-state index contributed by atoms with van der Waals surface area (Å²) in [7, 11) is 0.0526. The van der Waals surface area contributed by atoms with Gasteiger partial charge in [-0.1, -0.05) is 54.6 Å². The van der Waals surface area contributed by atoms with E-state index in [2.05, 4.69) is 0 Å². The Morgan fingerprint density at radius 2 is 1.04 bits per heavy atom. The second-order valence-electron chi connectivity index (χ2n) is 5.29. The molecule has 0 aliphatic carbocycles. The fourth-order valence-electron chi connectivity index (χ4n) is 2.83. The standard InChI is InChI=1S/C20H19O3P/c1-22-17-12-6-8-14-19(17)24(21,16-10-4-3-5-11-16)20-15-9-7-13-18(20)23-2/h3-15H,1-2H3. The molecular formula is C20H19O3P. The summed E-state index contributed by atoms with van der Waals surface area (Å²) in [5.74, 6) is 1.21. The Morgan fingerprint density at radius 3 is 1.50 bits per heavy atom. The number of hydrogen-bond acceptors (Lipinski definition) is 3. The Bertz CT molecular complexity index is 823. The van der Waals surface area contributed by atoms with Crippen molar-refractivity contribution in [2.75, 3.05) is 14.2 Å². The van der Waals surface area contributed by atoms with E-state index in [9.17, 15) is 4.57 Å². The molecule has 4 heteroatoms. The summed E-state index contributed by atoms with van der Waals surface area (Å²) in [5, 5.41) is 2.09. The van der Waals surface area contributed by atoms with Crippen molar-refractivity contribution in [1.29, 1.82) is 0 Å². The molecule has 0 fully saturated rings. The van der Waals surface area contributed by atoms with Gasteiger partial charge in [0, 0.05) is 5.30 Å². The first-order valence-electron chi connectivity index (χ1n) is 7.64. The molecule has 0 heterocycles. The third kappa shape index (κ3) is 2.72. The predicted octanol–water partition coefficient (Wildman–Crippen LogP) is 3.34. The summed E-state index contributed by atoms with van der Waals surface area (Å²) in [6.07, 6.45) is 0. The van der Waals surface area contributed by atoms with Gasteiger partial charge in [0.1, 0.15) is 11.5 Å². The van der Waals surface area contributed by atoms with Crippen LogP contribution in [0.5, 0.6) is 11.5 Å². The maximum Gasteiger partial charge on any atom is 0.178 e. The number of hydrogen-bond donors (Lipinski definition) is 0. The average molecular weight is 338 g/mol. The smallest absolute Gasteiger partial charge is 0.178 e. The second kappa shape index (κ2) is 6.94. The molecule has 0 aliphatic rings. The zero-order valence-electron chi connectivity index (χ0n) is 13.7. The van der Waals surface area contributed by atoms with Crippen molar-refractivity contribution in [3.63, 3.8) is 0 Å². The van der Waals surface area contributed by atoms with Gasteiger partial charge >= 0.3 is 0 Å². The third-order valence-electron chi connectivity index (χ3n) is 3.97.